The second kappa shape index (κ2) is 6.87. The molecule has 1 N–H and O–H groups in total. The lowest BCUT2D eigenvalue weighted by Crippen LogP contribution is -2.20. The number of rotatable bonds is 5. The zero-order valence-corrected chi connectivity index (χ0v) is 14.0. The molecule has 0 atom stereocenters. The molecular formula is C18H14N2O7. The molecule has 0 unspecified atom stereocenters. The van der Waals surface area contributed by atoms with Gasteiger partial charge in [-0.2, -0.15) is 0 Å². The van der Waals surface area contributed by atoms with Gasteiger partial charge in [0.25, 0.3) is 5.69 Å². The van der Waals surface area contributed by atoms with Gasteiger partial charge in [0.15, 0.2) is 23.0 Å². The van der Waals surface area contributed by atoms with Crippen molar-refractivity contribution in [1.29, 1.82) is 0 Å². The van der Waals surface area contributed by atoms with Crippen molar-refractivity contribution >= 4 is 17.7 Å². The highest BCUT2D eigenvalue weighted by molar-refractivity contribution is 5.92. The number of ether oxygens (including phenoxy) is 4. The predicted molar refractivity (Wildman–Crippen MR) is 92.7 cm³/mol. The number of nitrogens with zero attached hydrogens (tertiary/aromatic N) is 1. The van der Waals surface area contributed by atoms with E-state index in [4.69, 9.17) is 18.9 Å². The van der Waals surface area contributed by atoms with Crippen molar-refractivity contribution < 1.29 is 28.7 Å². The summed E-state index contributed by atoms with van der Waals surface area (Å²) >= 11 is 0. The smallest absolute Gasteiger partial charge is 0.280 e. The van der Waals surface area contributed by atoms with Crippen LogP contribution in [0.2, 0.25) is 0 Å². The fourth-order valence-electron chi connectivity index (χ4n) is 2.70. The van der Waals surface area contributed by atoms with Gasteiger partial charge in [-0.3, -0.25) is 14.9 Å². The Hall–Kier alpha value is -3.75. The van der Waals surface area contributed by atoms with E-state index in [2.05, 4.69) is 5.32 Å². The van der Waals surface area contributed by atoms with Gasteiger partial charge in [-0.25, -0.2) is 0 Å². The van der Waals surface area contributed by atoms with E-state index in [-0.39, 0.29) is 37.3 Å². The number of hydrogen-bond donors (Lipinski definition) is 1. The van der Waals surface area contributed by atoms with Crippen LogP contribution >= 0.6 is 0 Å². The summed E-state index contributed by atoms with van der Waals surface area (Å²) < 4.78 is 20.9. The molecule has 0 aliphatic carbocycles. The van der Waals surface area contributed by atoms with Gasteiger partial charge >= 0.3 is 0 Å². The fourth-order valence-corrected chi connectivity index (χ4v) is 2.70. The molecule has 0 saturated carbocycles. The molecule has 0 fully saturated rings. The van der Waals surface area contributed by atoms with Crippen LogP contribution in [0.4, 0.5) is 5.69 Å². The molecular weight excluding hydrogens is 356 g/mol. The van der Waals surface area contributed by atoms with E-state index in [9.17, 15) is 14.9 Å². The van der Waals surface area contributed by atoms with E-state index >= 15 is 0 Å². The van der Waals surface area contributed by atoms with E-state index in [1.807, 2.05) is 6.07 Å². The van der Waals surface area contributed by atoms with Gasteiger partial charge in [-0.05, 0) is 29.8 Å². The van der Waals surface area contributed by atoms with Crippen LogP contribution < -0.4 is 24.3 Å². The largest absolute Gasteiger partial charge is 0.454 e. The maximum atomic E-state index is 12.1. The molecule has 27 heavy (non-hydrogen) atoms. The second-order valence-electron chi connectivity index (χ2n) is 5.76. The molecule has 0 radical (unpaired) electrons. The molecule has 9 nitrogen and oxygen atoms in total. The summed E-state index contributed by atoms with van der Waals surface area (Å²) in [6.45, 7) is 0.473. The van der Waals surface area contributed by atoms with Gasteiger partial charge < -0.3 is 24.3 Å². The Kier molecular flexibility index (Phi) is 4.25. The van der Waals surface area contributed by atoms with Crippen molar-refractivity contribution in [2.45, 2.75) is 6.54 Å². The number of fused-ring (bicyclic) bond motifs is 2. The standard InChI is InChI=1S/C18H14N2O7/c21-18(19-8-11-1-3-14-15(5-11)25-9-24-14)4-2-12-6-16-17(27-10-26-16)7-13(12)20(22)23/h1-7H,8-10H2,(H,19,21)/b4-2+. The van der Waals surface area contributed by atoms with Crippen molar-refractivity contribution in [3.05, 3.63) is 57.6 Å². The summed E-state index contributed by atoms with van der Waals surface area (Å²) in [7, 11) is 0. The lowest BCUT2D eigenvalue weighted by atomic mass is 10.1. The summed E-state index contributed by atoms with van der Waals surface area (Å²) in [6, 6.07) is 8.14. The van der Waals surface area contributed by atoms with Gasteiger partial charge in [0.2, 0.25) is 19.5 Å². The van der Waals surface area contributed by atoms with Crippen molar-refractivity contribution in [3.8, 4) is 23.0 Å². The Labute approximate surface area is 153 Å². The van der Waals surface area contributed by atoms with E-state index in [0.29, 0.717) is 23.0 Å². The van der Waals surface area contributed by atoms with Crippen molar-refractivity contribution in [2.75, 3.05) is 13.6 Å². The van der Waals surface area contributed by atoms with Crippen molar-refractivity contribution in [3.63, 3.8) is 0 Å². The monoisotopic (exact) mass is 370 g/mol. The molecule has 2 aromatic rings. The first-order valence-corrected chi connectivity index (χ1v) is 8.02. The van der Waals surface area contributed by atoms with Crippen LogP contribution in [0, 0.1) is 10.1 Å². The lowest BCUT2D eigenvalue weighted by Gasteiger charge is -2.04. The van der Waals surface area contributed by atoms with Crippen molar-refractivity contribution in [1.82, 2.24) is 5.32 Å². The first-order chi connectivity index (χ1) is 13.1. The zero-order valence-electron chi connectivity index (χ0n) is 14.0. The number of amides is 1. The van der Waals surface area contributed by atoms with Crippen LogP contribution in [0.3, 0.4) is 0 Å². The highest BCUT2D eigenvalue weighted by Gasteiger charge is 2.22. The number of nitro groups is 1. The van der Waals surface area contributed by atoms with Crippen LogP contribution in [0.15, 0.2) is 36.4 Å². The summed E-state index contributed by atoms with van der Waals surface area (Å²) in [4.78, 5) is 22.7. The SMILES string of the molecule is O=C(/C=C/c1cc2c(cc1[N+](=O)[O-])OCO2)NCc1ccc2c(c1)OCO2. The molecule has 4 rings (SSSR count). The van der Waals surface area contributed by atoms with E-state index in [1.54, 1.807) is 12.1 Å². The second-order valence-corrected chi connectivity index (χ2v) is 5.76. The molecule has 2 aliphatic rings. The lowest BCUT2D eigenvalue weighted by molar-refractivity contribution is -0.385. The summed E-state index contributed by atoms with van der Waals surface area (Å²) in [5, 5.41) is 13.9. The number of hydrogen-bond acceptors (Lipinski definition) is 7. The molecule has 2 aliphatic heterocycles. The Morgan fingerprint density at radius 3 is 2.44 bits per heavy atom. The molecule has 0 spiro atoms. The third kappa shape index (κ3) is 3.47. The molecule has 9 heteroatoms. The highest BCUT2D eigenvalue weighted by atomic mass is 16.7. The number of carbonyl (C=O) groups excluding carboxylic acids is 1. The predicted octanol–water partition coefficient (Wildman–Crippen LogP) is 2.38. The minimum Gasteiger partial charge on any atom is -0.454 e. The van der Waals surface area contributed by atoms with E-state index in [1.165, 1.54) is 24.3 Å². The fraction of sp³-hybridized carbons (Fsp3) is 0.167. The van der Waals surface area contributed by atoms with Crippen LogP contribution in [0.25, 0.3) is 6.08 Å². The first-order valence-electron chi connectivity index (χ1n) is 8.02. The Bertz CT molecular complexity index is 955. The van der Waals surface area contributed by atoms with Gasteiger partial charge in [0.05, 0.1) is 16.6 Å². The normalized spacial score (nSPS) is 13.8. The number of nitro benzene ring substituents is 1. The molecule has 0 saturated heterocycles. The van der Waals surface area contributed by atoms with Crippen LogP contribution in [0.1, 0.15) is 11.1 Å². The first kappa shape index (κ1) is 16.7. The quantitative estimate of drug-likeness (QED) is 0.489. The Morgan fingerprint density at radius 2 is 1.70 bits per heavy atom. The molecule has 1 amide bonds. The highest BCUT2D eigenvalue weighted by Crippen LogP contribution is 2.38. The Balaban J connectivity index is 1.43. The minimum atomic E-state index is -0.536. The maximum absolute atomic E-state index is 12.1. The third-order valence-electron chi connectivity index (χ3n) is 4.04. The zero-order chi connectivity index (χ0) is 18.8. The average molecular weight is 370 g/mol. The summed E-state index contributed by atoms with van der Waals surface area (Å²) in [5.74, 6) is 1.63. The average Bonchev–Trinajstić information content (AvgIpc) is 3.31. The van der Waals surface area contributed by atoms with Crippen LogP contribution in [0.5, 0.6) is 23.0 Å². The van der Waals surface area contributed by atoms with Crippen LogP contribution in [-0.2, 0) is 11.3 Å². The van der Waals surface area contributed by atoms with Gasteiger partial charge in [0.1, 0.15) is 0 Å². The molecule has 0 aromatic heterocycles. The van der Waals surface area contributed by atoms with Crippen LogP contribution in [-0.4, -0.2) is 24.4 Å². The number of carbonyl (C=O) groups is 1. The third-order valence-corrected chi connectivity index (χ3v) is 4.04. The number of benzene rings is 2. The Morgan fingerprint density at radius 1 is 1.04 bits per heavy atom. The maximum Gasteiger partial charge on any atom is 0.280 e. The topological polar surface area (TPSA) is 109 Å². The molecule has 2 heterocycles. The van der Waals surface area contributed by atoms with Gasteiger partial charge in [-0.1, -0.05) is 6.07 Å². The summed E-state index contributed by atoms with van der Waals surface area (Å²) in [5.41, 5.74) is 0.927. The molecule has 0 bridgehead atoms. The van der Waals surface area contributed by atoms with Crippen molar-refractivity contribution in [2.24, 2.45) is 0 Å². The minimum absolute atomic E-state index is 0.00960. The van der Waals surface area contributed by atoms with Gasteiger partial charge in [0, 0.05) is 12.6 Å². The van der Waals surface area contributed by atoms with E-state index < -0.39 is 4.92 Å². The van der Waals surface area contributed by atoms with Gasteiger partial charge in [-0.15, -0.1) is 0 Å². The summed E-state index contributed by atoms with van der Waals surface area (Å²) in [6.07, 6.45) is 2.60. The number of nitrogens with one attached hydrogen (secondary N) is 1. The van der Waals surface area contributed by atoms with E-state index in [0.717, 1.165) is 5.56 Å². The molecule has 2 aromatic carbocycles. The molecule has 138 valence electrons.